The van der Waals surface area contributed by atoms with E-state index in [2.05, 4.69) is 10.2 Å². The fourth-order valence-electron chi connectivity index (χ4n) is 2.78. The third kappa shape index (κ3) is 4.21. The summed E-state index contributed by atoms with van der Waals surface area (Å²) in [5.74, 6) is -0.411. The number of nitrogens with one attached hydrogen (secondary N) is 1. The summed E-state index contributed by atoms with van der Waals surface area (Å²) in [6, 6.07) is 7.24. The van der Waals surface area contributed by atoms with Crippen molar-refractivity contribution in [3.63, 3.8) is 0 Å². The van der Waals surface area contributed by atoms with Gasteiger partial charge in [-0.2, -0.15) is 0 Å². The van der Waals surface area contributed by atoms with E-state index in [9.17, 15) is 9.59 Å². The molecular formula is C16H22N2O4. The highest BCUT2D eigenvalue weighted by atomic mass is 16.5. The van der Waals surface area contributed by atoms with Crippen molar-refractivity contribution in [3.8, 4) is 5.75 Å². The van der Waals surface area contributed by atoms with Crippen LogP contribution in [0.3, 0.4) is 0 Å². The molecule has 1 aliphatic rings. The second-order valence-corrected chi connectivity index (χ2v) is 5.39. The van der Waals surface area contributed by atoms with Crippen molar-refractivity contribution in [2.75, 3.05) is 20.2 Å². The summed E-state index contributed by atoms with van der Waals surface area (Å²) >= 11 is 0. The van der Waals surface area contributed by atoms with Crippen LogP contribution in [0.25, 0.3) is 0 Å². The van der Waals surface area contributed by atoms with Gasteiger partial charge < -0.3 is 15.2 Å². The Balaban J connectivity index is 2.11. The molecule has 0 spiro atoms. The SMILES string of the molecule is CNC(=O)C1CCCCN1Cc1ccccc1OCC(=O)O. The number of ether oxygens (including phenoxy) is 1. The first kappa shape index (κ1) is 16.3. The molecule has 1 unspecified atom stereocenters. The molecule has 120 valence electrons. The van der Waals surface area contributed by atoms with Gasteiger partial charge in [-0.1, -0.05) is 24.6 Å². The Labute approximate surface area is 130 Å². The van der Waals surface area contributed by atoms with Crippen LogP contribution in [0.1, 0.15) is 24.8 Å². The smallest absolute Gasteiger partial charge is 0.341 e. The number of piperidine rings is 1. The minimum atomic E-state index is -1.00. The molecule has 0 aliphatic carbocycles. The fraction of sp³-hybridized carbons (Fsp3) is 0.500. The molecule has 2 rings (SSSR count). The first-order valence-corrected chi connectivity index (χ1v) is 7.50. The number of hydrogen-bond acceptors (Lipinski definition) is 4. The summed E-state index contributed by atoms with van der Waals surface area (Å²) in [6.45, 7) is 1.06. The van der Waals surface area contributed by atoms with Crippen LogP contribution in [0, 0.1) is 0 Å². The minimum absolute atomic E-state index is 0.0311. The van der Waals surface area contributed by atoms with E-state index in [1.807, 2.05) is 18.2 Å². The number of nitrogens with zero attached hydrogens (tertiary/aromatic N) is 1. The van der Waals surface area contributed by atoms with E-state index < -0.39 is 5.97 Å². The molecule has 1 saturated heterocycles. The van der Waals surface area contributed by atoms with Crippen LogP contribution < -0.4 is 10.1 Å². The van der Waals surface area contributed by atoms with E-state index in [1.54, 1.807) is 13.1 Å². The third-order valence-corrected chi connectivity index (χ3v) is 3.86. The Morgan fingerprint density at radius 2 is 2.14 bits per heavy atom. The lowest BCUT2D eigenvalue weighted by atomic mass is 10.0. The van der Waals surface area contributed by atoms with Gasteiger partial charge in [0, 0.05) is 19.2 Å². The van der Waals surface area contributed by atoms with E-state index in [0.29, 0.717) is 12.3 Å². The zero-order valence-electron chi connectivity index (χ0n) is 12.7. The molecule has 1 aliphatic heterocycles. The van der Waals surface area contributed by atoms with Gasteiger partial charge in [0.05, 0.1) is 6.04 Å². The van der Waals surface area contributed by atoms with Crippen molar-refractivity contribution in [1.29, 1.82) is 0 Å². The molecule has 1 fully saturated rings. The summed E-state index contributed by atoms with van der Waals surface area (Å²) in [7, 11) is 1.65. The summed E-state index contributed by atoms with van der Waals surface area (Å²) in [6.07, 6.45) is 2.95. The molecule has 0 bridgehead atoms. The van der Waals surface area contributed by atoms with E-state index in [1.165, 1.54) is 0 Å². The first-order valence-electron chi connectivity index (χ1n) is 7.50. The molecule has 1 amide bonds. The van der Waals surface area contributed by atoms with Crippen molar-refractivity contribution < 1.29 is 19.4 Å². The molecule has 1 aromatic rings. The second kappa shape index (κ2) is 7.79. The molecule has 0 aromatic heterocycles. The van der Waals surface area contributed by atoms with Crippen LogP contribution in [-0.4, -0.2) is 48.1 Å². The fourth-order valence-corrected chi connectivity index (χ4v) is 2.78. The number of aliphatic carboxylic acids is 1. The number of rotatable bonds is 6. The number of hydrogen-bond donors (Lipinski definition) is 2. The zero-order valence-corrected chi connectivity index (χ0v) is 12.7. The highest BCUT2D eigenvalue weighted by Crippen LogP contribution is 2.24. The largest absolute Gasteiger partial charge is 0.482 e. The molecule has 22 heavy (non-hydrogen) atoms. The predicted molar refractivity (Wildman–Crippen MR) is 81.7 cm³/mol. The molecular weight excluding hydrogens is 284 g/mol. The maximum absolute atomic E-state index is 12.0. The number of amides is 1. The van der Waals surface area contributed by atoms with Gasteiger partial charge in [0.25, 0.3) is 0 Å². The van der Waals surface area contributed by atoms with Crippen LogP contribution in [0.5, 0.6) is 5.75 Å². The molecule has 1 atom stereocenters. The molecule has 6 nitrogen and oxygen atoms in total. The maximum Gasteiger partial charge on any atom is 0.341 e. The lowest BCUT2D eigenvalue weighted by molar-refractivity contribution is -0.139. The lowest BCUT2D eigenvalue weighted by Crippen LogP contribution is -2.48. The van der Waals surface area contributed by atoms with Crippen LogP contribution in [0.15, 0.2) is 24.3 Å². The average Bonchev–Trinajstić information content (AvgIpc) is 2.53. The van der Waals surface area contributed by atoms with E-state index in [0.717, 1.165) is 31.4 Å². The van der Waals surface area contributed by atoms with Crippen molar-refractivity contribution in [1.82, 2.24) is 10.2 Å². The van der Waals surface area contributed by atoms with Crippen molar-refractivity contribution in [3.05, 3.63) is 29.8 Å². The Morgan fingerprint density at radius 3 is 2.86 bits per heavy atom. The molecule has 1 heterocycles. The predicted octanol–water partition coefficient (Wildman–Crippen LogP) is 1.25. The summed E-state index contributed by atoms with van der Waals surface area (Å²) in [4.78, 5) is 24.8. The Hall–Kier alpha value is -2.08. The number of likely N-dealkylation sites (tertiary alicyclic amines) is 1. The van der Waals surface area contributed by atoms with Crippen molar-refractivity contribution in [2.24, 2.45) is 0 Å². The molecule has 0 saturated carbocycles. The number of carboxylic acid groups (broad SMARTS) is 1. The molecule has 2 N–H and O–H groups in total. The topological polar surface area (TPSA) is 78.9 Å². The van der Waals surface area contributed by atoms with E-state index >= 15 is 0 Å². The standard InChI is InChI=1S/C16H22N2O4/c1-17-16(21)13-7-4-5-9-18(13)10-12-6-2-3-8-14(12)22-11-15(19)20/h2-3,6,8,13H,4-5,7,9-11H2,1H3,(H,17,21)(H,19,20). The first-order chi connectivity index (χ1) is 10.6. The Bertz CT molecular complexity index is 533. The highest BCUT2D eigenvalue weighted by Gasteiger charge is 2.28. The van der Waals surface area contributed by atoms with Gasteiger partial charge in [-0.25, -0.2) is 4.79 Å². The van der Waals surface area contributed by atoms with Crippen LogP contribution >= 0.6 is 0 Å². The lowest BCUT2D eigenvalue weighted by Gasteiger charge is -2.34. The number of carbonyl (C=O) groups is 2. The van der Waals surface area contributed by atoms with Gasteiger partial charge in [-0.3, -0.25) is 9.69 Å². The summed E-state index contributed by atoms with van der Waals surface area (Å²) in [5.41, 5.74) is 0.902. The van der Waals surface area contributed by atoms with Gasteiger partial charge in [0.15, 0.2) is 6.61 Å². The van der Waals surface area contributed by atoms with Gasteiger partial charge in [0.2, 0.25) is 5.91 Å². The zero-order chi connectivity index (χ0) is 15.9. The van der Waals surface area contributed by atoms with Gasteiger partial charge in [0.1, 0.15) is 5.75 Å². The van der Waals surface area contributed by atoms with E-state index in [4.69, 9.17) is 9.84 Å². The van der Waals surface area contributed by atoms with Crippen LogP contribution in [-0.2, 0) is 16.1 Å². The third-order valence-electron chi connectivity index (χ3n) is 3.86. The van der Waals surface area contributed by atoms with Gasteiger partial charge >= 0.3 is 5.97 Å². The molecule has 6 heteroatoms. The van der Waals surface area contributed by atoms with Crippen molar-refractivity contribution >= 4 is 11.9 Å². The van der Waals surface area contributed by atoms with Gasteiger partial charge in [-0.15, -0.1) is 0 Å². The van der Waals surface area contributed by atoms with Crippen molar-refractivity contribution in [2.45, 2.75) is 31.8 Å². The average molecular weight is 306 g/mol. The number of likely N-dealkylation sites (N-methyl/N-ethyl adjacent to an activating group) is 1. The number of benzene rings is 1. The Kier molecular flexibility index (Phi) is 5.77. The maximum atomic E-state index is 12.0. The van der Waals surface area contributed by atoms with Crippen LogP contribution in [0.4, 0.5) is 0 Å². The van der Waals surface area contributed by atoms with E-state index in [-0.39, 0.29) is 18.6 Å². The monoisotopic (exact) mass is 306 g/mol. The molecule has 0 radical (unpaired) electrons. The number of carboxylic acids is 1. The summed E-state index contributed by atoms with van der Waals surface area (Å²) < 4.78 is 5.34. The minimum Gasteiger partial charge on any atom is -0.482 e. The Morgan fingerprint density at radius 1 is 1.36 bits per heavy atom. The second-order valence-electron chi connectivity index (χ2n) is 5.39. The highest BCUT2D eigenvalue weighted by molar-refractivity contribution is 5.81. The van der Waals surface area contributed by atoms with Gasteiger partial charge in [-0.05, 0) is 25.5 Å². The molecule has 1 aromatic carbocycles. The van der Waals surface area contributed by atoms with Crippen LogP contribution in [0.2, 0.25) is 0 Å². The number of carbonyl (C=O) groups excluding carboxylic acids is 1. The summed E-state index contributed by atoms with van der Waals surface area (Å²) in [5, 5.41) is 11.5. The number of para-hydroxylation sites is 1. The normalized spacial score (nSPS) is 18.7. The quantitative estimate of drug-likeness (QED) is 0.827.